The standard InChI is InChI=1S/C23H26N2O3S/c26-23(25-16-5-10-22(25)19-8-4-9-19)20-11-13-21(14-12-20)24-29(27,28)17-15-18-6-2-1-3-7-18/h1-3,6-7,11-15,17,19,22,24H,4-5,8-10,16H2/b17-15+. The largest absolute Gasteiger partial charge is 0.335 e. The smallest absolute Gasteiger partial charge is 0.255 e. The maximum Gasteiger partial charge on any atom is 0.255 e. The molecule has 1 aliphatic carbocycles. The van der Waals surface area contributed by atoms with Crippen molar-refractivity contribution in [2.45, 2.75) is 38.1 Å². The van der Waals surface area contributed by atoms with E-state index in [0.29, 0.717) is 23.2 Å². The van der Waals surface area contributed by atoms with Crippen LogP contribution in [-0.4, -0.2) is 31.8 Å². The monoisotopic (exact) mass is 410 g/mol. The first-order chi connectivity index (χ1) is 14.0. The third-order valence-electron chi connectivity index (χ3n) is 5.89. The number of hydrogen-bond acceptors (Lipinski definition) is 3. The highest BCUT2D eigenvalue weighted by Crippen LogP contribution is 2.37. The molecule has 0 spiro atoms. The van der Waals surface area contributed by atoms with E-state index in [1.54, 1.807) is 30.3 Å². The average molecular weight is 411 g/mol. The Hall–Kier alpha value is -2.60. The summed E-state index contributed by atoms with van der Waals surface area (Å²) in [5.74, 6) is 0.710. The van der Waals surface area contributed by atoms with Gasteiger partial charge in [0.2, 0.25) is 0 Å². The van der Waals surface area contributed by atoms with Crippen LogP contribution in [0.3, 0.4) is 0 Å². The number of anilines is 1. The molecule has 152 valence electrons. The van der Waals surface area contributed by atoms with Crippen molar-refractivity contribution in [3.05, 3.63) is 71.1 Å². The van der Waals surface area contributed by atoms with Crippen LogP contribution in [0.4, 0.5) is 5.69 Å². The van der Waals surface area contributed by atoms with Crippen LogP contribution in [0.15, 0.2) is 60.0 Å². The molecule has 2 aliphatic rings. The van der Waals surface area contributed by atoms with Crippen LogP contribution >= 0.6 is 0 Å². The molecule has 1 heterocycles. The van der Waals surface area contributed by atoms with Gasteiger partial charge in [0, 0.05) is 23.8 Å². The summed E-state index contributed by atoms with van der Waals surface area (Å²) in [5.41, 5.74) is 1.86. The van der Waals surface area contributed by atoms with Crippen LogP contribution in [0.5, 0.6) is 0 Å². The summed E-state index contributed by atoms with van der Waals surface area (Å²) in [6.07, 6.45) is 7.45. The summed E-state index contributed by atoms with van der Waals surface area (Å²) in [7, 11) is -3.62. The van der Waals surface area contributed by atoms with E-state index in [9.17, 15) is 13.2 Å². The number of nitrogens with one attached hydrogen (secondary N) is 1. The Kier molecular flexibility index (Phi) is 5.72. The van der Waals surface area contributed by atoms with Gasteiger partial charge < -0.3 is 4.90 Å². The van der Waals surface area contributed by atoms with Gasteiger partial charge in [0.15, 0.2) is 0 Å². The fraction of sp³-hybridized carbons (Fsp3) is 0.348. The van der Waals surface area contributed by atoms with Gasteiger partial charge in [-0.15, -0.1) is 0 Å². The number of likely N-dealkylation sites (tertiary alicyclic amines) is 1. The van der Waals surface area contributed by atoms with Gasteiger partial charge in [-0.1, -0.05) is 36.8 Å². The molecule has 1 N–H and O–H groups in total. The van der Waals surface area contributed by atoms with Crippen LogP contribution in [-0.2, 0) is 10.0 Å². The topological polar surface area (TPSA) is 66.5 Å². The third-order valence-corrected chi connectivity index (χ3v) is 6.90. The lowest BCUT2D eigenvalue weighted by molar-refractivity contribution is 0.0626. The molecule has 6 heteroatoms. The van der Waals surface area contributed by atoms with Crippen molar-refractivity contribution in [2.24, 2.45) is 5.92 Å². The Morgan fingerprint density at radius 3 is 2.34 bits per heavy atom. The second-order valence-electron chi connectivity index (χ2n) is 7.84. The maximum absolute atomic E-state index is 12.9. The molecule has 1 saturated carbocycles. The van der Waals surface area contributed by atoms with Crippen molar-refractivity contribution in [3.8, 4) is 0 Å². The Morgan fingerprint density at radius 2 is 1.69 bits per heavy atom. The van der Waals surface area contributed by atoms with Crippen LogP contribution in [0.1, 0.15) is 48.0 Å². The second-order valence-corrected chi connectivity index (χ2v) is 9.40. The summed E-state index contributed by atoms with van der Waals surface area (Å²) < 4.78 is 27.1. The average Bonchev–Trinajstić information content (AvgIpc) is 3.15. The van der Waals surface area contributed by atoms with Gasteiger partial charge in [0.05, 0.1) is 5.41 Å². The molecule has 0 aromatic heterocycles. The fourth-order valence-electron chi connectivity index (χ4n) is 4.14. The van der Waals surface area contributed by atoms with Gasteiger partial charge >= 0.3 is 0 Å². The van der Waals surface area contributed by atoms with Gasteiger partial charge in [-0.25, -0.2) is 8.42 Å². The first-order valence-electron chi connectivity index (χ1n) is 10.2. The Labute approximate surface area is 172 Å². The molecule has 5 nitrogen and oxygen atoms in total. The molecule has 0 radical (unpaired) electrons. The van der Waals surface area contributed by atoms with Crippen LogP contribution in [0, 0.1) is 5.92 Å². The van der Waals surface area contributed by atoms with E-state index in [1.807, 2.05) is 35.2 Å². The van der Waals surface area contributed by atoms with E-state index in [-0.39, 0.29) is 5.91 Å². The van der Waals surface area contributed by atoms with Gasteiger partial charge in [-0.05, 0) is 67.5 Å². The van der Waals surface area contributed by atoms with Crippen LogP contribution < -0.4 is 4.72 Å². The summed E-state index contributed by atoms with van der Waals surface area (Å²) in [6, 6.07) is 16.3. The zero-order valence-corrected chi connectivity index (χ0v) is 17.1. The Balaban J connectivity index is 1.41. The predicted molar refractivity (Wildman–Crippen MR) is 116 cm³/mol. The number of sulfonamides is 1. The van der Waals surface area contributed by atoms with E-state index in [1.165, 1.54) is 19.3 Å². The molecule has 0 bridgehead atoms. The number of carbonyl (C=O) groups is 1. The minimum absolute atomic E-state index is 0.0535. The molecule has 4 rings (SSSR count). The first-order valence-corrected chi connectivity index (χ1v) is 11.7. The van der Waals surface area contributed by atoms with Crippen LogP contribution in [0.25, 0.3) is 6.08 Å². The summed E-state index contributed by atoms with van der Waals surface area (Å²) >= 11 is 0. The predicted octanol–water partition coefficient (Wildman–Crippen LogP) is 4.50. The molecule has 2 fully saturated rings. The highest BCUT2D eigenvalue weighted by atomic mass is 32.2. The number of nitrogens with zero attached hydrogens (tertiary/aromatic N) is 1. The first kappa shape index (κ1) is 19.7. The molecule has 2 aromatic rings. The quantitative estimate of drug-likeness (QED) is 0.762. The van der Waals surface area contributed by atoms with Crippen molar-refractivity contribution in [3.63, 3.8) is 0 Å². The number of hydrogen-bond donors (Lipinski definition) is 1. The minimum atomic E-state index is -3.62. The van der Waals surface area contributed by atoms with Gasteiger partial charge in [0.1, 0.15) is 0 Å². The number of benzene rings is 2. The fourth-order valence-corrected chi connectivity index (χ4v) is 5.01. The Bertz CT molecular complexity index is 981. The number of carbonyl (C=O) groups excluding carboxylic acids is 1. The van der Waals surface area contributed by atoms with Crippen LogP contribution in [0.2, 0.25) is 0 Å². The van der Waals surface area contributed by atoms with Crippen molar-refractivity contribution < 1.29 is 13.2 Å². The van der Waals surface area contributed by atoms with E-state index in [0.717, 1.165) is 30.4 Å². The Morgan fingerprint density at radius 1 is 0.966 bits per heavy atom. The number of rotatable bonds is 6. The van der Waals surface area contributed by atoms with Crippen molar-refractivity contribution in [1.29, 1.82) is 0 Å². The normalized spacial score (nSPS) is 20.0. The highest BCUT2D eigenvalue weighted by molar-refractivity contribution is 7.95. The van der Waals surface area contributed by atoms with E-state index in [2.05, 4.69) is 4.72 Å². The van der Waals surface area contributed by atoms with Crippen molar-refractivity contribution in [1.82, 2.24) is 4.90 Å². The number of amides is 1. The maximum atomic E-state index is 12.9. The SMILES string of the molecule is O=C(c1ccc(NS(=O)(=O)/C=C/c2ccccc2)cc1)N1CCCC1C1CCC1. The second kappa shape index (κ2) is 8.41. The summed E-state index contributed by atoms with van der Waals surface area (Å²) in [4.78, 5) is 15.0. The van der Waals surface area contributed by atoms with Crippen molar-refractivity contribution >= 4 is 27.7 Å². The molecule has 1 amide bonds. The molecule has 1 unspecified atom stereocenters. The van der Waals surface area contributed by atoms with E-state index in [4.69, 9.17) is 0 Å². The zero-order valence-electron chi connectivity index (χ0n) is 16.3. The molecule has 1 atom stereocenters. The molecule has 1 saturated heterocycles. The molecular formula is C23H26N2O3S. The molecule has 29 heavy (non-hydrogen) atoms. The highest BCUT2D eigenvalue weighted by Gasteiger charge is 2.37. The molecule has 2 aromatic carbocycles. The zero-order chi connectivity index (χ0) is 20.3. The van der Waals surface area contributed by atoms with Crippen molar-refractivity contribution in [2.75, 3.05) is 11.3 Å². The van der Waals surface area contributed by atoms with Gasteiger partial charge in [-0.3, -0.25) is 9.52 Å². The summed E-state index contributed by atoms with van der Waals surface area (Å²) in [6.45, 7) is 0.818. The third kappa shape index (κ3) is 4.70. The van der Waals surface area contributed by atoms with Gasteiger partial charge in [-0.2, -0.15) is 0 Å². The lowest BCUT2D eigenvalue weighted by Gasteiger charge is -2.37. The summed E-state index contributed by atoms with van der Waals surface area (Å²) in [5, 5.41) is 1.15. The lowest BCUT2D eigenvalue weighted by atomic mass is 9.78. The lowest BCUT2D eigenvalue weighted by Crippen LogP contribution is -2.42. The van der Waals surface area contributed by atoms with Gasteiger partial charge in [0.25, 0.3) is 15.9 Å². The minimum Gasteiger partial charge on any atom is -0.335 e. The molecular weight excluding hydrogens is 384 g/mol. The van der Waals surface area contributed by atoms with E-state index >= 15 is 0 Å². The van der Waals surface area contributed by atoms with E-state index < -0.39 is 10.0 Å². The molecule has 1 aliphatic heterocycles.